The Morgan fingerprint density at radius 1 is 0.846 bits per heavy atom. The maximum Gasteiger partial charge on any atom is 0.257 e. The summed E-state index contributed by atoms with van der Waals surface area (Å²) in [6, 6.07) is 20.6. The summed E-state index contributed by atoms with van der Waals surface area (Å²) in [5.41, 5.74) is 6.83. The van der Waals surface area contributed by atoms with E-state index in [-0.39, 0.29) is 12.5 Å². The number of nitrogens with one attached hydrogen (secondary N) is 1. The van der Waals surface area contributed by atoms with Crippen molar-refractivity contribution in [3.63, 3.8) is 0 Å². The van der Waals surface area contributed by atoms with Gasteiger partial charge < -0.3 is 19.4 Å². The summed E-state index contributed by atoms with van der Waals surface area (Å²) < 4.78 is 14.1. The van der Waals surface area contributed by atoms with Crippen molar-refractivity contribution in [1.29, 1.82) is 0 Å². The fraction of sp³-hybridized carbons (Fsp3) is 0.394. The molecule has 1 amide bonds. The number of aryl methyl sites for hydroxylation is 5. The highest BCUT2D eigenvalue weighted by atomic mass is 16.5. The molecule has 4 rings (SSSR count). The number of para-hydroxylation sites is 2. The molecule has 0 saturated carbocycles. The zero-order chi connectivity index (χ0) is 27.6. The van der Waals surface area contributed by atoms with Crippen molar-refractivity contribution < 1.29 is 14.3 Å². The van der Waals surface area contributed by atoms with E-state index in [0.29, 0.717) is 13.2 Å². The van der Waals surface area contributed by atoms with E-state index >= 15 is 0 Å². The van der Waals surface area contributed by atoms with Crippen LogP contribution >= 0.6 is 0 Å². The van der Waals surface area contributed by atoms with Crippen LogP contribution in [0.25, 0.3) is 11.0 Å². The maximum absolute atomic E-state index is 12.2. The number of imidazole rings is 1. The van der Waals surface area contributed by atoms with Crippen LogP contribution in [-0.2, 0) is 17.8 Å². The molecule has 1 aromatic heterocycles. The first-order chi connectivity index (χ1) is 18.9. The van der Waals surface area contributed by atoms with Gasteiger partial charge in [-0.2, -0.15) is 0 Å². The van der Waals surface area contributed by atoms with E-state index in [1.807, 2.05) is 50.2 Å². The second-order valence-electron chi connectivity index (χ2n) is 10.3. The van der Waals surface area contributed by atoms with Gasteiger partial charge >= 0.3 is 0 Å². The lowest BCUT2D eigenvalue weighted by Crippen LogP contribution is -2.29. The van der Waals surface area contributed by atoms with Gasteiger partial charge in [-0.3, -0.25) is 4.79 Å². The van der Waals surface area contributed by atoms with Crippen LogP contribution in [-0.4, -0.2) is 35.2 Å². The number of hydrogen-bond acceptors (Lipinski definition) is 4. The molecule has 206 valence electrons. The molecular weight excluding hydrogens is 486 g/mol. The van der Waals surface area contributed by atoms with Gasteiger partial charge in [-0.05, 0) is 93.5 Å². The third kappa shape index (κ3) is 7.85. The number of benzene rings is 3. The molecule has 39 heavy (non-hydrogen) atoms. The lowest BCUT2D eigenvalue weighted by atomic mass is 10.1. The van der Waals surface area contributed by atoms with E-state index in [1.165, 1.54) is 16.6 Å². The Morgan fingerprint density at radius 2 is 1.69 bits per heavy atom. The highest BCUT2D eigenvalue weighted by Crippen LogP contribution is 2.22. The molecule has 0 atom stereocenters. The first kappa shape index (κ1) is 28.2. The summed E-state index contributed by atoms with van der Waals surface area (Å²) in [4.78, 5) is 17.1. The SMILES string of the molecule is Cc1ccc(C)c(OCC(=O)NCCCCCc2nc3ccccc3n2CCCOc2cccc(C)c2C)c1. The van der Waals surface area contributed by atoms with Crippen molar-refractivity contribution in [2.75, 3.05) is 19.8 Å². The number of ether oxygens (including phenoxy) is 2. The Labute approximate surface area is 232 Å². The zero-order valence-corrected chi connectivity index (χ0v) is 23.8. The van der Waals surface area contributed by atoms with Gasteiger partial charge in [0.15, 0.2) is 6.61 Å². The van der Waals surface area contributed by atoms with Crippen LogP contribution in [0.5, 0.6) is 11.5 Å². The van der Waals surface area contributed by atoms with Crippen LogP contribution in [0.4, 0.5) is 0 Å². The fourth-order valence-corrected chi connectivity index (χ4v) is 4.72. The van der Waals surface area contributed by atoms with E-state index in [0.717, 1.165) is 72.6 Å². The molecule has 4 aromatic rings. The number of rotatable bonds is 14. The van der Waals surface area contributed by atoms with E-state index < -0.39 is 0 Å². The minimum absolute atomic E-state index is 0.0431. The molecule has 6 heteroatoms. The third-order valence-corrected chi connectivity index (χ3v) is 7.17. The van der Waals surface area contributed by atoms with E-state index in [1.54, 1.807) is 0 Å². The molecule has 0 bridgehead atoms. The number of nitrogens with zero attached hydrogens (tertiary/aromatic N) is 2. The van der Waals surface area contributed by atoms with Gasteiger partial charge in [0.05, 0.1) is 17.6 Å². The van der Waals surface area contributed by atoms with Crippen molar-refractivity contribution in [3.05, 3.63) is 88.7 Å². The van der Waals surface area contributed by atoms with Gasteiger partial charge in [0, 0.05) is 19.5 Å². The Bertz CT molecular complexity index is 1390. The molecule has 6 nitrogen and oxygen atoms in total. The summed E-state index contributed by atoms with van der Waals surface area (Å²) >= 11 is 0. The second-order valence-corrected chi connectivity index (χ2v) is 10.3. The third-order valence-electron chi connectivity index (χ3n) is 7.17. The standard InChI is InChI=1S/C33H41N3O3/c1-24-17-18-26(3)31(22-24)39-23-33(37)34-19-9-5-6-16-32-35-28-13-7-8-14-29(28)36(32)20-11-21-38-30-15-10-12-25(2)27(30)4/h7-8,10,12-15,17-18,22H,5-6,9,11,16,19-21,23H2,1-4H3,(H,34,37). The van der Waals surface area contributed by atoms with Crippen molar-refractivity contribution in [2.45, 2.75) is 66.3 Å². The number of unbranched alkanes of at least 4 members (excludes halogenated alkanes) is 2. The topological polar surface area (TPSA) is 65.4 Å². The Morgan fingerprint density at radius 3 is 2.56 bits per heavy atom. The van der Waals surface area contributed by atoms with Crippen LogP contribution < -0.4 is 14.8 Å². The zero-order valence-electron chi connectivity index (χ0n) is 23.8. The minimum Gasteiger partial charge on any atom is -0.493 e. The molecule has 0 spiro atoms. The minimum atomic E-state index is -0.0826. The molecule has 0 aliphatic carbocycles. The molecule has 0 aliphatic heterocycles. The lowest BCUT2D eigenvalue weighted by Gasteiger charge is -2.13. The quantitative estimate of drug-likeness (QED) is 0.187. The average Bonchev–Trinajstić information content (AvgIpc) is 3.28. The first-order valence-corrected chi connectivity index (χ1v) is 14.0. The number of amides is 1. The van der Waals surface area contributed by atoms with Crippen LogP contribution in [0.15, 0.2) is 60.7 Å². The smallest absolute Gasteiger partial charge is 0.257 e. The van der Waals surface area contributed by atoms with E-state index in [9.17, 15) is 4.79 Å². The highest BCUT2D eigenvalue weighted by molar-refractivity contribution is 5.77. The molecule has 0 radical (unpaired) electrons. The van der Waals surface area contributed by atoms with Crippen molar-refractivity contribution in [1.82, 2.24) is 14.9 Å². The summed E-state index contributed by atoms with van der Waals surface area (Å²) in [6.45, 7) is 10.5. The molecule has 0 aliphatic rings. The van der Waals surface area contributed by atoms with E-state index in [2.05, 4.69) is 48.0 Å². The van der Waals surface area contributed by atoms with Gasteiger partial charge in [0.25, 0.3) is 5.91 Å². The van der Waals surface area contributed by atoms with Crippen LogP contribution in [0.3, 0.4) is 0 Å². The molecule has 3 aromatic carbocycles. The van der Waals surface area contributed by atoms with Gasteiger partial charge in [0.1, 0.15) is 17.3 Å². The van der Waals surface area contributed by atoms with Gasteiger partial charge in [-0.25, -0.2) is 4.98 Å². The summed E-state index contributed by atoms with van der Waals surface area (Å²) in [6.07, 6.45) is 4.81. The predicted molar refractivity (Wildman–Crippen MR) is 158 cm³/mol. The predicted octanol–water partition coefficient (Wildman–Crippen LogP) is 6.65. The summed E-state index contributed by atoms with van der Waals surface area (Å²) in [5.74, 6) is 2.77. The van der Waals surface area contributed by atoms with Gasteiger partial charge in [0.2, 0.25) is 0 Å². The van der Waals surface area contributed by atoms with Crippen molar-refractivity contribution >= 4 is 16.9 Å². The molecule has 0 fully saturated rings. The number of aromatic nitrogens is 2. The first-order valence-electron chi connectivity index (χ1n) is 14.0. The number of carbonyl (C=O) groups excluding carboxylic acids is 1. The highest BCUT2D eigenvalue weighted by Gasteiger charge is 2.11. The molecule has 0 unspecified atom stereocenters. The lowest BCUT2D eigenvalue weighted by molar-refractivity contribution is -0.123. The Kier molecular flexibility index (Phi) is 10.0. The molecule has 1 N–H and O–H groups in total. The second kappa shape index (κ2) is 13.8. The van der Waals surface area contributed by atoms with Crippen molar-refractivity contribution in [2.24, 2.45) is 0 Å². The molecular formula is C33H41N3O3. The summed E-state index contributed by atoms with van der Waals surface area (Å²) in [5, 5.41) is 2.98. The van der Waals surface area contributed by atoms with Gasteiger partial charge in [-0.1, -0.05) is 42.8 Å². The maximum atomic E-state index is 12.2. The van der Waals surface area contributed by atoms with Crippen molar-refractivity contribution in [3.8, 4) is 11.5 Å². The van der Waals surface area contributed by atoms with E-state index in [4.69, 9.17) is 14.5 Å². The van der Waals surface area contributed by atoms with Crippen LogP contribution in [0, 0.1) is 27.7 Å². The molecule has 0 saturated heterocycles. The number of carbonyl (C=O) groups is 1. The van der Waals surface area contributed by atoms with Gasteiger partial charge in [-0.15, -0.1) is 0 Å². The van der Waals surface area contributed by atoms with Crippen LogP contribution in [0.1, 0.15) is 53.8 Å². The fourth-order valence-electron chi connectivity index (χ4n) is 4.72. The average molecular weight is 528 g/mol. The monoisotopic (exact) mass is 527 g/mol. The Balaban J connectivity index is 1.20. The summed E-state index contributed by atoms with van der Waals surface area (Å²) in [7, 11) is 0. The number of hydrogen-bond donors (Lipinski definition) is 1. The van der Waals surface area contributed by atoms with Crippen LogP contribution in [0.2, 0.25) is 0 Å². The number of fused-ring (bicyclic) bond motifs is 1. The largest absolute Gasteiger partial charge is 0.493 e. The normalized spacial score (nSPS) is 11.1. The Hall–Kier alpha value is -3.80. The molecule has 1 heterocycles.